The summed E-state index contributed by atoms with van der Waals surface area (Å²) in [5.74, 6) is -2.13. The van der Waals surface area contributed by atoms with Crippen molar-refractivity contribution in [1.82, 2.24) is 0 Å². The fourth-order valence-corrected chi connectivity index (χ4v) is 2.98. The first-order valence-corrected chi connectivity index (χ1v) is 7.50. The second-order valence-corrected chi connectivity index (χ2v) is 5.79. The summed E-state index contributed by atoms with van der Waals surface area (Å²) < 4.78 is 27.5. The lowest BCUT2D eigenvalue weighted by Crippen LogP contribution is -2.36. The molecule has 5 nitrogen and oxygen atoms in total. The van der Waals surface area contributed by atoms with E-state index in [1.165, 1.54) is 23.1 Å². The summed E-state index contributed by atoms with van der Waals surface area (Å²) >= 11 is 5.74. The predicted molar refractivity (Wildman–Crippen MR) is 84.5 cm³/mol. The van der Waals surface area contributed by atoms with Crippen LogP contribution in [0.3, 0.4) is 0 Å². The van der Waals surface area contributed by atoms with Crippen LogP contribution in [0, 0.1) is 21.7 Å². The minimum Gasteiger partial charge on any atom is -0.305 e. The minimum atomic E-state index is -0.832. The van der Waals surface area contributed by atoms with Crippen molar-refractivity contribution in [2.75, 3.05) is 11.4 Å². The van der Waals surface area contributed by atoms with E-state index in [1.807, 2.05) is 0 Å². The third-order valence-corrected chi connectivity index (χ3v) is 4.16. The Morgan fingerprint density at radius 3 is 2.71 bits per heavy atom. The van der Waals surface area contributed by atoms with E-state index in [0.717, 1.165) is 12.1 Å². The molecular formula is C16H11ClF2N2O3. The van der Waals surface area contributed by atoms with Crippen LogP contribution in [0.25, 0.3) is 0 Å². The number of halogens is 3. The van der Waals surface area contributed by atoms with Crippen LogP contribution in [0.1, 0.15) is 22.3 Å². The number of benzene rings is 2. The Labute approximate surface area is 140 Å². The van der Waals surface area contributed by atoms with Crippen molar-refractivity contribution in [3.05, 3.63) is 68.2 Å². The molecule has 124 valence electrons. The van der Waals surface area contributed by atoms with Gasteiger partial charge < -0.3 is 4.90 Å². The van der Waals surface area contributed by atoms with Gasteiger partial charge in [0, 0.05) is 24.2 Å². The lowest BCUT2D eigenvalue weighted by Gasteiger charge is -2.30. The topological polar surface area (TPSA) is 63.4 Å². The molecule has 24 heavy (non-hydrogen) atoms. The van der Waals surface area contributed by atoms with E-state index < -0.39 is 28.2 Å². The highest BCUT2D eigenvalue weighted by atomic mass is 35.5. The van der Waals surface area contributed by atoms with Gasteiger partial charge in [0.1, 0.15) is 16.7 Å². The van der Waals surface area contributed by atoms with Gasteiger partial charge in [-0.1, -0.05) is 11.6 Å². The predicted octanol–water partition coefficient (Wildman–Crippen LogP) is 4.12. The SMILES string of the molecule is O=C(c1ccc(Cl)c([N+](=O)[O-])c1)N1CCCc2cc(F)cc(F)c21. The Morgan fingerprint density at radius 1 is 1.25 bits per heavy atom. The van der Waals surface area contributed by atoms with Crippen molar-refractivity contribution in [2.45, 2.75) is 12.8 Å². The van der Waals surface area contributed by atoms with E-state index in [0.29, 0.717) is 18.4 Å². The second-order valence-electron chi connectivity index (χ2n) is 5.38. The third kappa shape index (κ3) is 2.82. The second kappa shape index (κ2) is 6.16. The van der Waals surface area contributed by atoms with E-state index in [2.05, 4.69) is 0 Å². The van der Waals surface area contributed by atoms with Crippen LogP contribution in [-0.4, -0.2) is 17.4 Å². The molecule has 1 heterocycles. The molecule has 0 atom stereocenters. The maximum absolute atomic E-state index is 14.2. The highest BCUT2D eigenvalue weighted by Gasteiger charge is 2.28. The largest absolute Gasteiger partial charge is 0.305 e. The first-order chi connectivity index (χ1) is 11.4. The molecule has 3 rings (SSSR count). The van der Waals surface area contributed by atoms with Gasteiger partial charge in [0.25, 0.3) is 11.6 Å². The standard InChI is InChI=1S/C16H11ClF2N2O3/c17-12-4-3-10(7-14(12)21(23)24)16(22)20-5-1-2-9-6-11(18)8-13(19)15(9)20/h3-4,6-8H,1-2,5H2. The molecular weight excluding hydrogens is 342 g/mol. The molecule has 0 N–H and O–H groups in total. The number of fused-ring (bicyclic) bond motifs is 1. The van der Waals surface area contributed by atoms with Gasteiger partial charge in [-0.05, 0) is 36.6 Å². The number of nitro groups is 1. The van der Waals surface area contributed by atoms with Crippen LogP contribution in [0.2, 0.25) is 5.02 Å². The molecule has 0 fully saturated rings. The summed E-state index contributed by atoms with van der Waals surface area (Å²) in [6.07, 6.45) is 0.992. The maximum Gasteiger partial charge on any atom is 0.288 e. The van der Waals surface area contributed by atoms with E-state index in [9.17, 15) is 23.7 Å². The van der Waals surface area contributed by atoms with E-state index >= 15 is 0 Å². The maximum atomic E-state index is 14.2. The minimum absolute atomic E-state index is 0.0164. The zero-order valence-electron chi connectivity index (χ0n) is 12.3. The lowest BCUT2D eigenvalue weighted by atomic mass is 10.00. The molecule has 0 radical (unpaired) electrons. The summed E-state index contributed by atoms with van der Waals surface area (Å²) in [7, 11) is 0. The van der Waals surface area contributed by atoms with Gasteiger partial charge in [0.2, 0.25) is 0 Å². The lowest BCUT2D eigenvalue weighted by molar-refractivity contribution is -0.384. The molecule has 0 aliphatic carbocycles. The summed E-state index contributed by atoms with van der Waals surface area (Å²) in [5.41, 5.74) is 0.0304. The van der Waals surface area contributed by atoms with Crippen molar-refractivity contribution in [3.8, 4) is 0 Å². The van der Waals surface area contributed by atoms with Crippen molar-refractivity contribution < 1.29 is 18.5 Å². The number of carbonyl (C=O) groups is 1. The zero-order chi connectivity index (χ0) is 17.4. The third-order valence-electron chi connectivity index (χ3n) is 3.84. The molecule has 0 saturated carbocycles. The summed E-state index contributed by atoms with van der Waals surface area (Å²) in [4.78, 5) is 24.1. The van der Waals surface area contributed by atoms with Gasteiger partial charge in [-0.25, -0.2) is 8.78 Å². The summed E-state index contributed by atoms with van der Waals surface area (Å²) in [5, 5.41) is 10.9. The van der Waals surface area contributed by atoms with Crippen LogP contribution in [0.15, 0.2) is 30.3 Å². The average molecular weight is 353 g/mol. The Hall–Kier alpha value is -2.54. The molecule has 2 aromatic rings. The molecule has 1 amide bonds. The zero-order valence-corrected chi connectivity index (χ0v) is 13.0. The van der Waals surface area contributed by atoms with Crippen LogP contribution in [0.4, 0.5) is 20.2 Å². The van der Waals surface area contributed by atoms with Crippen molar-refractivity contribution in [2.24, 2.45) is 0 Å². The van der Waals surface area contributed by atoms with Crippen molar-refractivity contribution in [1.29, 1.82) is 0 Å². The monoisotopic (exact) mass is 352 g/mol. The van der Waals surface area contributed by atoms with E-state index in [1.54, 1.807) is 0 Å². The number of anilines is 1. The molecule has 2 aromatic carbocycles. The van der Waals surface area contributed by atoms with Crippen molar-refractivity contribution in [3.63, 3.8) is 0 Å². The number of nitro benzene ring substituents is 1. The summed E-state index contributed by atoms with van der Waals surface area (Å²) in [6, 6.07) is 5.56. The molecule has 8 heteroatoms. The van der Waals surface area contributed by atoms with E-state index in [4.69, 9.17) is 11.6 Å². The number of rotatable bonds is 2. The molecule has 0 aromatic heterocycles. The first-order valence-electron chi connectivity index (χ1n) is 7.12. The Balaban J connectivity index is 2.04. The molecule has 1 aliphatic heterocycles. The average Bonchev–Trinajstić information content (AvgIpc) is 2.53. The van der Waals surface area contributed by atoms with Crippen LogP contribution >= 0.6 is 11.6 Å². The Morgan fingerprint density at radius 2 is 2.00 bits per heavy atom. The molecule has 0 spiro atoms. The molecule has 0 bridgehead atoms. The fraction of sp³-hybridized carbons (Fsp3) is 0.188. The van der Waals surface area contributed by atoms with Crippen LogP contribution in [-0.2, 0) is 6.42 Å². The van der Waals surface area contributed by atoms with E-state index in [-0.39, 0.29) is 22.8 Å². The fourth-order valence-electron chi connectivity index (χ4n) is 2.80. The quantitative estimate of drug-likeness (QED) is 0.603. The smallest absolute Gasteiger partial charge is 0.288 e. The number of nitrogens with zero attached hydrogens (tertiary/aromatic N) is 2. The Kier molecular flexibility index (Phi) is 4.19. The highest BCUT2D eigenvalue weighted by molar-refractivity contribution is 6.32. The van der Waals surface area contributed by atoms with Gasteiger partial charge in [-0.2, -0.15) is 0 Å². The van der Waals surface area contributed by atoms with Crippen LogP contribution < -0.4 is 4.90 Å². The summed E-state index contributed by atoms with van der Waals surface area (Å²) in [6.45, 7) is 0.241. The number of carbonyl (C=O) groups excluding carboxylic acids is 1. The van der Waals surface area contributed by atoms with Gasteiger partial charge in [0.15, 0.2) is 0 Å². The van der Waals surface area contributed by atoms with Gasteiger partial charge in [0.05, 0.1) is 10.6 Å². The molecule has 1 aliphatic rings. The normalized spacial score (nSPS) is 13.5. The van der Waals surface area contributed by atoms with Gasteiger partial charge in [-0.15, -0.1) is 0 Å². The van der Waals surface area contributed by atoms with Crippen molar-refractivity contribution >= 4 is 28.9 Å². The van der Waals surface area contributed by atoms with Gasteiger partial charge >= 0.3 is 0 Å². The number of hydrogen-bond acceptors (Lipinski definition) is 3. The number of aryl methyl sites for hydroxylation is 1. The molecule has 0 unspecified atom stereocenters. The highest BCUT2D eigenvalue weighted by Crippen LogP contribution is 2.33. The molecule has 0 saturated heterocycles. The van der Waals surface area contributed by atoms with Crippen LogP contribution in [0.5, 0.6) is 0 Å². The van der Waals surface area contributed by atoms with Gasteiger partial charge in [-0.3, -0.25) is 14.9 Å². The number of hydrogen-bond donors (Lipinski definition) is 0. The Bertz CT molecular complexity index is 857. The number of amides is 1. The first kappa shape index (κ1) is 16.3.